The SMILES string of the molecule is c1ccc(-c2ccc(N(c3ccc4c(c3)[Si]3(c5ccccc5O4)c4ccccc4-c4ccccc43)c3cccc4ccccc34)cc2)cc1. The van der Waals surface area contributed by atoms with Crippen LogP contribution in [0.4, 0.5) is 17.1 Å². The minimum atomic E-state index is -2.74. The summed E-state index contributed by atoms with van der Waals surface area (Å²) >= 11 is 0. The van der Waals surface area contributed by atoms with E-state index in [1.54, 1.807) is 0 Å². The van der Waals surface area contributed by atoms with Gasteiger partial charge >= 0.3 is 0 Å². The number of anilines is 3. The lowest BCUT2D eigenvalue weighted by atomic mass is 10.0. The number of benzene rings is 8. The van der Waals surface area contributed by atoms with Crippen LogP contribution in [-0.4, -0.2) is 8.07 Å². The molecule has 230 valence electrons. The lowest BCUT2D eigenvalue weighted by Crippen LogP contribution is -2.74. The van der Waals surface area contributed by atoms with Gasteiger partial charge in [-0.25, -0.2) is 0 Å². The van der Waals surface area contributed by atoms with Crippen LogP contribution in [-0.2, 0) is 0 Å². The Hall–Kier alpha value is -6.16. The van der Waals surface area contributed by atoms with Gasteiger partial charge in [0.05, 0.1) is 5.69 Å². The first-order chi connectivity index (χ1) is 24.3. The molecule has 2 aliphatic heterocycles. The molecule has 2 heterocycles. The highest BCUT2D eigenvalue weighted by Crippen LogP contribution is 2.42. The number of hydrogen-bond donors (Lipinski definition) is 0. The van der Waals surface area contributed by atoms with E-state index in [4.69, 9.17) is 4.74 Å². The summed E-state index contributed by atoms with van der Waals surface area (Å²) in [5, 5.41) is 7.86. The molecule has 0 aromatic heterocycles. The molecule has 0 atom stereocenters. The Bertz CT molecular complexity index is 2490. The van der Waals surface area contributed by atoms with Crippen LogP contribution in [0.15, 0.2) is 188 Å². The van der Waals surface area contributed by atoms with E-state index in [1.807, 2.05) is 0 Å². The van der Waals surface area contributed by atoms with Crippen molar-refractivity contribution in [3.63, 3.8) is 0 Å². The van der Waals surface area contributed by atoms with Gasteiger partial charge in [-0.1, -0.05) is 146 Å². The van der Waals surface area contributed by atoms with Crippen LogP contribution in [0.3, 0.4) is 0 Å². The fraction of sp³-hybridized carbons (Fsp3) is 0. The summed E-state index contributed by atoms with van der Waals surface area (Å²) < 4.78 is 6.79. The third-order valence-electron chi connectivity index (χ3n) is 10.3. The molecule has 3 heteroatoms. The van der Waals surface area contributed by atoms with Crippen molar-refractivity contribution in [3.8, 4) is 33.8 Å². The standard InChI is InChI=1S/C46H31NOSi/c1-2-13-32(14-3-1)33-25-27-35(28-26-33)47(40-20-12-16-34-15-4-5-17-37(34)40)36-29-30-42-46(31-36)49(45-24-11-8-21-41(45)48-42)43-22-9-6-18-38(43)39-19-7-10-23-44(39)49/h1-31H. The van der Waals surface area contributed by atoms with Crippen LogP contribution in [0.25, 0.3) is 33.0 Å². The van der Waals surface area contributed by atoms with E-state index in [1.165, 1.54) is 53.8 Å². The molecule has 0 unspecified atom stereocenters. The third kappa shape index (κ3) is 4.13. The molecule has 2 aliphatic rings. The molecule has 2 nitrogen and oxygen atoms in total. The van der Waals surface area contributed by atoms with E-state index < -0.39 is 8.07 Å². The summed E-state index contributed by atoms with van der Waals surface area (Å²) in [7, 11) is -2.74. The molecule has 1 spiro atoms. The molecule has 8 aromatic carbocycles. The van der Waals surface area contributed by atoms with E-state index in [9.17, 15) is 0 Å². The molecule has 0 radical (unpaired) electrons. The molecule has 0 bridgehead atoms. The Kier molecular flexibility index (Phi) is 6.23. The van der Waals surface area contributed by atoms with Gasteiger partial charge in [0.2, 0.25) is 0 Å². The topological polar surface area (TPSA) is 12.5 Å². The predicted octanol–water partition coefficient (Wildman–Crippen LogP) is 9.44. The zero-order valence-electron chi connectivity index (χ0n) is 26.8. The molecule has 8 aromatic rings. The Morgan fingerprint density at radius 2 is 0.959 bits per heavy atom. The molecule has 49 heavy (non-hydrogen) atoms. The monoisotopic (exact) mass is 641 g/mol. The molecular weight excluding hydrogens is 611 g/mol. The fourth-order valence-corrected chi connectivity index (χ4v) is 13.6. The van der Waals surface area contributed by atoms with Crippen LogP contribution in [0.1, 0.15) is 0 Å². The zero-order chi connectivity index (χ0) is 32.4. The third-order valence-corrected chi connectivity index (χ3v) is 15.2. The highest BCUT2D eigenvalue weighted by Gasteiger charge is 2.53. The van der Waals surface area contributed by atoms with Crippen molar-refractivity contribution in [2.24, 2.45) is 0 Å². The highest BCUT2D eigenvalue weighted by molar-refractivity contribution is 7.23. The molecule has 0 aliphatic carbocycles. The number of rotatable bonds is 4. The second-order valence-electron chi connectivity index (χ2n) is 12.9. The Labute approximate surface area is 287 Å². The van der Waals surface area contributed by atoms with Crippen LogP contribution < -0.4 is 30.4 Å². The Morgan fingerprint density at radius 3 is 1.73 bits per heavy atom. The van der Waals surface area contributed by atoms with E-state index in [0.717, 1.165) is 28.6 Å². The van der Waals surface area contributed by atoms with Crippen LogP contribution in [0.2, 0.25) is 0 Å². The summed E-state index contributed by atoms with van der Waals surface area (Å²) in [6, 6.07) is 68.5. The fourth-order valence-electron chi connectivity index (χ4n) is 8.25. The summed E-state index contributed by atoms with van der Waals surface area (Å²) in [5.41, 5.74) is 8.44. The maximum atomic E-state index is 6.79. The van der Waals surface area contributed by atoms with Gasteiger partial charge in [0.25, 0.3) is 0 Å². The van der Waals surface area contributed by atoms with Crippen molar-refractivity contribution in [3.05, 3.63) is 188 Å². The summed E-state index contributed by atoms with van der Waals surface area (Å²) in [5.74, 6) is 1.90. The van der Waals surface area contributed by atoms with Crippen molar-refractivity contribution in [2.45, 2.75) is 0 Å². The minimum absolute atomic E-state index is 0.943. The average molecular weight is 642 g/mol. The quantitative estimate of drug-likeness (QED) is 0.178. The number of fused-ring (bicyclic) bond motifs is 10. The second kappa shape index (κ2) is 10.9. The Balaban J connectivity index is 1.24. The van der Waals surface area contributed by atoms with E-state index >= 15 is 0 Å². The first kappa shape index (κ1) is 27.9. The lowest BCUT2D eigenvalue weighted by Gasteiger charge is -2.38. The van der Waals surface area contributed by atoms with E-state index in [0.29, 0.717) is 0 Å². The molecule has 0 N–H and O–H groups in total. The van der Waals surface area contributed by atoms with Crippen LogP contribution >= 0.6 is 0 Å². The summed E-state index contributed by atoms with van der Waals surface area (Å²) in [6.45, 7) is 0. The number of para-hydroxylation sites is 1. The molecule has 10 rings (SSSR count). The van der Waals surface area contributed by atoms with Gasteiger partial charge < -0.3 is 9.64 Å². The highest BCUT2D eigenvalue weighted by atomic mass is 28.3. The predicted molar refractivity (Wildman–Crippen MR) is 207 cm³/mol. The van der Waals surface area contributed by atoms with E-state index in [-0.39, 0.29) is 0 Å². The van der Waals surface area contributed by atoms with Gasteiger partial charge in [-0.05, 0) is 90.9 Å². The Morgan fingerprint density at radius 1 is 0.388 bits per heavy atom. The number of ether oxygens (including phenoxy) is 1. The van der Waals surface area contributed by atoms with Gasteiger partial charge in [0.1, 0.15) is 11.5 Å². The van der Waals surface area contributed by atoms with Crippen molar-refractivity contribution in [2.75, 3.05) is 4.90 Å². The second-order valence-corrected chi connectivity index (χ2v) is 16.5. The van der Waals surface area contributed by atoms with Gasteiger partial charge in [-0.2, -0.15) is 0 Å². The normalized spacial score (nSPS) is 13.2. The maximum Gasteiger partial charge on any atom is 0.189 e. The molecule has 0 amide bonds. The molecular formula is C46H31NOSi. The van der Waals surface area contributed by atoms with Gasteiger partial charge in [-0.3, -0.25) is 0 Å². The van der Waals surface area contributed by atoms with Gasteiger partial charge in [0.15, 0.2) is 8.07 Å². The first-order valence-corrected chi connectivity index (χ1v) is 18.9. The minimum Gasteiger partial charge on any atom is -0.458 e. The largest absolute Gasteiger partial charge is 0.458 e. The van der Waals surface area contributed by atoms with Crippen molar-refractivity contribution >= 4 is 56.7 Å². The zero-order valence-corrected chi connectivity index (χ0v) is 27.8. The first-order valence-electron chi connectivity index (χ1n) is 16.9. The summed E-state index contributed by atoms with van der Waals surface area (Å²) in [6.07, 6.45) is 0. The number of hydrogen-bond acceptors (Lipinski definition) is 2. The molecule has 0 saturated heterocycles. The van der Waals surface area contributed by atoms with Crippen LogP contribution in [0, 0.1) is 0 Å². The van der Waals surface area contributed by atoms with Gasteiger partial charge in [-0.15, -0.1) is 0 Å². The molecule has 0 fully saturated rings. The lowest BCUT2D eigenvalue weighted by molar-refractivity contribution is 0.487. The van der Waals surface area contributed by atoms with E-state index in [2.05, 4.69) is 193 Å². The molecule has 0 saturated carbocycles. The number of nitrogens with zero attached hydrogens (tertiary/aromatic N) is 1. The van der Waals surface area contributed by atoms with Crippen molar-refractivity contribution < 1.29 is 4.74 Å². The smallest absolute Gasteiger partial charge is 0.189 e. The average Bonchev–Trinajstić information content (AvgIpc) is 3.47. The maximum absolute atomic E-state index is 6.79. The van der Waals surface area contributed by atoms with Crippen LogP contribution in [0.5, 0.6) is 11.5 Å². The van der Waals surface area contributed by atoms with Gasteiger partial charge in [0, 0.05) is 16.8 Å². The van der Waals surface area contributed by atoms with Crippen molar-refractivity contribution in [1.29, 1.82) is 0 Å². The van der Waals surface area contributed by atoms with Crippen molar-refractivity contribution in [1.82, 2.24) is 0 Å². The summed E-state index contributed by atoms with van der Waals surface area (Å²) in [4.78, 5) is 2.42.